The Balaban J connectivity index is 2.90. The molecule has 12 heavy (non-hydrogen) atoms. The molecule has 0 saturated heterocycles. The van der Waals surface area contributed by atoms with Crippen LogP contribution in [0.5, 0.6) is 5.75 Å². The van der Waals surface area contributed by atoms with E-state index in [1.807, 2.05) is 19.1 Å². The van der Waals surface area contributed by atoms with Crippen LogP contribution in [0.2, 0.25) is 0 Å². The molecule has 0 amide bonds. The molecule has 1 nitrogen and oxygen atoms in total. The van der Waals surface area contributed by atoms with Crippen LogP contribution in [0.4, 0.5) is 0 Å². The Hall–Kier alpha value is -1.42. The van der Waals surface area contributed by atoms with Crippen LogP contribution in [0.1, 0.15) is 17.5 Å². The van der Waals surface area contributed by atoms with Crippen LogP contribution in [-0.2, 0) is 6.42 Å². The number of benzene rings is 1. The van der Waals surface area contributed by atoms with Crippen molar-refractivity contribution in [2.45, 2.75) is 19.8 Å². The molecule has 0 spiro atoms. The molecule has 0 aliphatic carbocycles. The van der Waals surface area contributed by atoms with Crippen LogP contribution >= 0.6 is 0 Å². The zero-order chi connectivity index (χ0) is 8.97. The maximum absolute atomic E-state index is 9.45. The molecule has 0 aliphatic rings. The minimum Gasteiger partial charge on any atom is -0.508 e. The van der Waals surface area contributed by atoms with Crippen molar-refractivity contribution in [3.05, 3.63) is 29.3 Å². The van der Waals surface area contributed by atoms with Gasteiger partial charge in [0.1, 0.15) is 5.75 Å². The molecule has 1 aromatic carbocycles. The Morgan fingerprint density at radius 2 is 2.25 bits per heavy atom. The maximum Gasteiger partial charge on any atom is 0.119 e. The van der Waals surface area contributed by atoms with Crippen LogP contribution in [0, 0.1) is 19.3 Å². The highest BCUT2D eigenvalue weighted by atomic mass is 16.3. The molecule has 0 heterocycles. The summed E-state index contributed by atoms with van der Waals surface area (Å²) in [5.74, 6) is 2.91. The lowest BCUT2D eigenvalue weighted by Crippen LogP contribution is -1.88. The van der Waals surface area contributed by atoms with E-state index in [2.05, 4.69) is 5.92 Å². The molecule has 1 rings (SSSR count). The quantitative estimate of drug-likeness (QED) is 0.658. The molecule has 0 radical (unpaired) electrons. The summed E-state index contributed by atoms with van der Waals surface area (Å²) in [6.45, 7) is 1.98. The minimum absolute atomic E-state index is 0.352. The van der Waals surface area contributed by atoms with Gasteiger partial charge in [-0.05, 0) is 30.5 Å². The Morgan fingerprint density at radius 3 is 2.83 bits per heavy atom. The van der Waals surface area contributed by atoms with Crippen molar-refractivity contribution in [2.24, 2.45) is 0 Å². The summed E-state index contributed by atoms with van der Waals surface area (Å²) >= 11 is 0. The number of hydrogen-bond donors (Lipinski definition) is 1. The van der Waals surface area contributed by atoms with Crippen molar-refractivity contribution < 1.29 is 5.11 Å². The summed E-state index contributed by atoms with van der Waals surface area (Å²) in [6, 6.07) is 5.51. The number of phenolic OH excluding ortho intramolecular Hbond substituents is 1. The van der Waals surface area contributed by atoms with E-state index in [4.69, 9.17) is 6.42 Å². The predicted octanol–water partition coefficient (Wildman–Crippen LogP) is 2.27. The highest BCUT2D eigenvalue weighted by Crippen LogP contribution is 2.21. The fourth-order valence-corrected chi connectivity index (χ4v) is 1.21. The summed E-state index contributed by atoms with van der Waals surface area (Å²) < 4.78 is 0. The summed E-state index contributed by atoms with van der Waals surface area (Å²) in [5, 5.41) is 9.45. The van der Waals surface area contributed by atoms with E-state index >= 15 is 0 Å². The van der Waals surface area contributed by atoms with Gasteiger partial charge in [0.25, 0.3) is 0 Å². The van der Waals surface area contributed by atoms with Gasteiger partial charge in [-0.3, -0.25) is 0 Å². The molecule has 62 valence electrons. The molecule has 1 aromatic rings. The first-order chi connectivity index (χ1) is 5.75. The summed E-state index contributed by atoms with van der Waals surface area (Å²) in [7, 11) is 0. The van der Waals surface area contributed by atoms with Gasteiger partial charge in [0.05, 0.1) is 0 Å². The average Bonchev–Trinajstić information content (AvgIpc) is 2.04. The summed E-state index contributed by atoms with van der Waals surface area (Å²) in [5.41, 5.74) is 2.07. The van der Waals surface area contributed by atoms with Gasteiger partial charge in [0, 0.05) is 6.42 Å². The van der Waals surface area contributed by atoms with Crippen LogP contribution in [0.25, 0.3) is 0 Å². The fourth-order valence-electron chi connectivity index (χ4n) is 1.21. The van der Waals surface area contributed by atoms with Crippen LogP contribution in [-0.4, -0.2) is 5.11 Å². The van der Waals surface area contributed by atoms with Crippen LogP contribution in [0.3, 0.4) is 0 Å². The molecule has 1 N–H and O–H groups in total. The van der Waals surface area contributed by atoms with Crippen molar-refractivity contribution in [3.8, 4) is 18.1 Å². The van der Waals surface area contributed by atoms with E-state index in [1.165, 1.54) is 0 Å². The van der Waals surface area contributed by atoms with Gasteiger partial charge in [-0.2, -0.15) is 0 Å². The van der Waals surface area contributed by atoms with Gasteiger partial charge in [0.2, 0.25) is 0 Å². The van der Waals surface area contributed by atoms with Crippen molar-refractivity contribution in [1.29, 1.82) is 0 Å². The van der Waals surface area contributed by atoms with Gasteiger partial charge in [-0.1, -0.05) is 12.1 Å². The van der Waals surface area contributed by atoms with Crippen molar-refractivity contribution in [3.63, 3.8) is 0 Å². The molecule has 0 unspecified atom stereocenters. The first kappa shape index (κ1) is 8.67. The Kier molecular flexibility index (Phi) is 2.76. The summed E-state index contributed by atoms with van der Waals surface area (Å²) in [6.07, 6.45) is 6.58. The second-order valence-electron chi connectivity index (χ2n) is 2.78. The van der Waals surface area contributed by atoms with Crippen molar-refractivity contribution in [2.75, 3.05) is 0 Å². The lowest BCUT2D eigenvalue weighted by Gasteiger charge is -2.05. The number of hydrogen-bond acceptors (Lipinski definition) is 1. The summed E-state index contributed by atoms with van der Waals surface area (Å²) in [4.78, 5) is 0. The van der Waals surface area contributed by atoms with E-state index in [0.29, 0.717) is 12.2 Å². The zero-order valence-corrected chi connectivity index (χ0v) is 7.17. The molecular weight excluding hydrogens is 148 g/mol. The van der Waals surface area contributed by atoms with Gasteiger partial charge < -0.3 is 5.11 Å². The smallest absolute Gasteiger partial charge is 0.119 e. The monoisotopic (exact) mass is 160 g/mol. The molecular formula is C11H12O. The Labute approximate surface area is 73.0 Å². The van der Waals surface area contributed by atoms with E-state index in [1.54, 1.807) is 6.07 Å². The second kappa shape index (κ2) is 3.82. The van der Waals surface area contributed by atoms with E-state index < -0.39 is 0 Å². The van der Waals surface area contributed by atoms with E-state index in [-0.39, 0.29) is 0 Å². The van der Waals surface area contributed by atoms with Crippen LogP contribution < -0.4 is 0 Å². The third-order valence-electron chi connectivity index (χ3n) is 1.90. The second-order valence-corrected chi connectivity index (χ2v) is 2.78. The molecule has 0 fully saturated rings. The lowest BCUT2D eigenvalue weighted by atomic mass is 10.0. The number of aromatic hydroxyl groups is 1. The van der Waals surface area contributed by atoms with E-state index in [0.717, 1.165) is 17.5 Å². The van der Waals surface area contributed by atoms with Crippen molar-refractivity contribution in [1.82, 2.24) is 0 Å². The zero-order valence-electron chi connectivity index (χ0n) is 7.17. The standard InChI is InChI=1S/C11H12O/c1-3-4-7-10-9(2)6-5-8-11(10)12/h1,5-6,8,12H,4,7H2,2H3. The fraction of sp³-hybridized carbons (Fsp3) is 0.273. The van der Waals surface area contributed by atoms with E-state index in [9.17, 15) is 5.11 Å². The Morgan fingerprint density at radius 1 is 1.50 bits per heavy atom. The molecule has 0 aromatic heterocycles. The lowest BCUT2D eigenvalue weighted by molar-refractivity contribution is 0.467. The predicted molar refractivity (Wildman–Crippen MR) is 50.0 cm³/mol. The highest BCUT2D eigenvalue weighted by molar-refractivity contribution is 5.38. The first-order valence-electron chi connectivity index (χ1n) is 3.96. The molecule has 0 saturated carbocycles. The molecule has 0 atom stereocenters. The number of aryl methyl sites for hydroxylation is 1. The minimum atomic E-state index is 0.352. The third kappa shape index (κ3) is 1.79. The number of rotatable bonds is 2. The van der Waals surface area contributed by atoms with Gasteiger partial charge in [-0.15, -0.1) is 12.3 Å². The normalized spacial score (nSPS) is 9.33. The maximum atomic E-state index is 9.45. The molecule has 0 aliphatic heterocycles. The largest absolute Gasteiger partial charge is 0.508 e. The molecule has 0 bridgehead atoms. The number of terminal acetylenes is 1. The Bertz CT molecular complexity index is 287. The number of phenols is 1. The van der Waals surface area contributed by atoms with Crippen LogP contribution in [0.15, 0.2) is 18.2 Å². The highest BCUT2D eigenvalue weighted by Gasteiger charge is 2.01. The first-order valence-corrected chi connectivity index (χ1v) is 3.96. The van der Waals surface area contributed by atoms with Gasteiger partial charge >= 0.3 is 0 Å². The van der Waals surface area contributed by atoms with Gasteiger partial charge in [-0.25, -0.2) is 0 Å². The molecule has 1 heteroatoms. The van der Waals surface area contributed by atoms with Crippen molar-refractivity contribution >= 4 is 0 Å². The topological polar surface area (TPSA) is 20.2 Å². The SMILES string of the molecule is C#CCCc1c(C)cccc1O. The average molecular weight is 160 g/mol. The van der Waals surface area contributed by atoms with Gasteiger partial charge in [0.15, 0.2) is 0 Å². The third-order valence-corrected chi connectivity index (χ3v) is 1.90.